The smallest absolute Gasteiger partial charge is 0.293 e. The molecule has 1 aromatic heterocycles. The van der Waals surface area contributed by atoms with Crippen LogP contribution in [-0.2, 0) is 0 Å². The molecule has 34 heavy (non-hydrogen) atoms. The van der Waals surface area contributed by atoms with Gasteiger partial charge in [-0.2, -0.15) is 0 Å². The Morgan fingerprint density at radius 1 is 0.912 bits per heavy atom. The maximum atomic E-state index is 7.24. The maximum Gasteiger partial charge on any atom is 0.293 e. The van der Waals surface area contributed by atoms with Crippen LogP contribution < -0.4 is 14.2 Å². The van der Waals surface area contributed by atoms with E-state index in [1.165, 1.54) is 32.4 Å². The van der Waals surface area contributed by atoms with Crippen molar-refractivity contribution >= 4 is 21.4 Å². The SMILES string of the molecule is [2H]Oc1ccc2c(Oc3ccc(OCCN4CCCCC4)cc3)c(-c3ccc(OC)cc3)sc2c1. The molecule has 0 unspecified atom stereocenters. The fourth-order valence-electron chi connectivity index (χ4n) is 4.28. The molecule has 0 atom stereocenters. The molecule has 3 aromatic carbocycles. The quantitative estimate of drug-likeness (QED) is 0.284. The average Bonchev–Trinajstić information content (AvgIpc) is 3.27. The Labute approximate surface area is 205 Å². The summed E-state index contributed by atoms with van der Waals surface area (Å²) in [4.78, 5) is 3.48. The normalized spacial score (nSPS) is 14.6. The molecule has 0 saturated carbocycles. The molecule has 4 aromatic rings. The number of aromatic hydroxyl groups is 1. The minimum atomic E-state index is 0.498. The average molecular weight is 477 g/mol. The number of rotatable bonds is 9. The highest BCUT2D eigenvalue weighted by Gasteiger charge is 2.17. The lowest BCUT2D eigenvalue weighted by atomic mass is 10.1. The predicted octanol–water partition coefficient (Wildman–Crippen LogP) is 6.94. The van der Waals surface area contributed by atoms with Gasteiger partial charge < -0.3 is 19.3 Å². The Balaban J connectivity index is 1.35. The van der Waals surface area contributed by atoms with Gasteiger partial charge in [-0.05, 0) is 98.2 Å². The molecule has 0 amide bonds. The molecule has 5 nitrogen and oxygen atoms in total. The van der Waals surface area contributed by atoms with Crippen molar-refractivity contribution in [3.8, 4) is 39.2 Å². The van der Waals surface area contributed by atoms with Gasteiger partial charge >= 0.3 is 0 Å². The Kier molecular flexibility index (Phi) is 6.50. The lowest BCUT2D eigenvalue weighted by Gasteiger charge is -2.26. The van der Waals surface area contributed by atoms with Gasteiger partial charge in [-0.1, -0.05) is 6.42 Å². The summed E-state index contributed by atoms with van der Waals surface area (Å²) in [5, 5.41) is 5.67. The molecule has 1 N–H and O–H groups in total. The number of benzene rings is 3. The largest absolute Gasteiger partial charge is 0.508 e. The second-order valence-electron chi connectivity index (χ2n) is 8.47. The van der Waals surface area contributed by atoms with Crippen LogP contribution in [0.2, 0.25) is 0 Å². The summed E-state index contributed by atoms with van der Waals surface area (Å²) in [6.07, 6.45) is 3.93. The zero-order valence-corrected chi connectivity index (χ0v) is 20.1. The predicted molar refractivity (Wildman–Crippen MR) is 138 cm³/mol. The zero-order chi connectivity index (χ0) is 24.0. The summed E-state index contributed by atoms with van der Waals surface area (Å²) in [6.45, 7) is 4.01. The van der Waals surface area contributed by atoms with Crippen LogP contribution in [0.25, 0.3) is 20.5 Å². The van der Waals surface area contributed by atoms with Crippen molar-refractivity contribution in [3.63, 3.8) is 0 Å². The van der Waals surface area contributed by atoms with Crippen LogP contribution in [0.5, 0.6) is 28.7 Å². The van der Waals surface area contributed by atoms with Gasteiger partial charge in [-0.25, -0.2) is 0 Å². The third kappa shape index (κ3) is 5.13. The van der Waals surface area contributed by atoms with Crippen molar-refractivity contribution in [2.24, 2.45) is 0 Å². The Morgan fingerprint density at radius 3 is 2.38 bits per heavy atom. The molecule has 1 fully saturated rings. The van der Waals surface area contributed by atoms with Gasteiger partial charge in [0.05, 0.1) is 12.0 Å². The number of phenolic OH excluding ortho intramolecular Hbond substituents is 1. The number of thiophene rings is 1. The van der Waals surface area contributed by atoms with Crippen molar-refractivity contribution < 1.29 is 19.3 Å². The van der Waals surface area contributed by atoms with Gasteiger partial charge in [0.1, 0.15) is 29.6 Å². The van der Waals surface area contributed by atoms with E-state index in [-0.39, 0.29) is 0 Å². The van der Waals surface area contributed by atoms with Gasteiger partial charge in [0.2, 0.25) is 0 Å². The summed E-state index contributed by atoms with van der Waals surface area (Å²) in [7, 11) is 1.66. The van der Waals surface area contributed by atoms with Gasteiger partial charge in [0, 0.05) is 16.6 Å². The van der Waals surface area contributed by atoms with E-state index >= 15 is 0 Å². The molecule has 5 rings (SSSR count). The molecule has 1 aliphatic rings. The van der Waals surface area contributed by atoms with Crippen LogP contribution >= 0.6 is 11.3 Å². The van der Waals surface area contributed by atoms with Gasteiger partial charge in [0.25, 0.3) is 1.43 Å². The summed E-state index contributed by atoms with van der Waals surface area (Å²) in [6, 6.07) is 21.3. The number of likely N-dealkylation sites (tertiary alicyclic amines) is 1. The second-order valence-corrected chi connectivity index (χ2v) is 9.52. The first-order chi connectivity index (χ1) is 17.2. The number of ether oxygens (including phenoxy) is 3. The lowest BCUT2D eigenvalue weighted by molar-refractivity contribution is 0.183. The van der Waals surface area contributed by atoms with E-state index in [9.17, 15) is 0 Å². The van der Waals surface area contributed by atoms with Crippen molar-refractivity contribution in [3.05, 3.63) is 66.7 Å². The van der Waals surface area contributed by atoms with E-state index in [2.05, 4.69) is 4.90 Å². The molecule has 1 aliphatic heterocycles. The first-order valence-corrected chi connectivity index (χ1v) is 12.5. The highest BCUT2D eigenvalue weighted by molar-refractivity contribution is 7.22. The Bertz CT molecular complexity index is 1250. The van der Waals surface area contributed by atoms with Crippen LogP contribution in [0.15, 0.2) is 66.7 Å². The van der Waals surface area contributed by atoms with Crippen LogP contribution in [0, 0.1) is 0 Å². The van der Waals surface area contributed by atoms with Crippen LogP contribution in [-0.4, -0.2) is 44.8 Å². The first-order valence-electron chi connectivity index (χ1n) is 12.1. The van der Waals surface area contributed by atoms with Crippen LogP contribution in [0.1, 0.15) is 19.3 Å². The summed E-state index contributed by atoms with van der Waals surface area (Å²) in [5.74, 6) is 3.67. The molecule has 6 heteroatoms. The summed E-state index contributed by atoms with van der Waals surface area (Å²) in [5.41, 5.74) is 1.04. The molecule has 176 valence electrons. The number of methoxy groups -OCH3 is 1. The molecule has 0 aliphatic carbocycles. The van der Waals surface area contributed by atoms with Crippen molar-refractivity contribution in [2.45, 2.75) is 19.3 Å². The number of phenols is 1. The monoisotopic (exact) mass is 476 g/mol. The van der Waals surface area contributed by atoms with Crippen LogP contribution in [0.3, 0.4) is 0 Å². The van der Waals surface area contributed by atoms with E-state index in [4.69, 9.17) is 20.8 Å². The minimum Gasteiger partial charge on any atom is -0.508 e. The van der Waals surface area contributed by atoms with Crippen LogP contribution in [0.4, 0.5) is 0 Å². The second kappa shape index (κ2) is 10.4. The first kappa shape index (κ1) is 21.3. The van der Waals surface area contributed by atoms with Gasteiger partial charge in [0.15, 0.2) is 5.75 Å². The fourth-order valence-corrected chi connectivity index (χ4v) is 5.45. The van der Waals surface area contributed by atoms with Gasteiger partial charge in [-0.3, -0.25) is 4.90 Å². The van der Waals surface area contributed by atoms with E-state index in [0.29, 0.717) is 12.4 Å². The van der Waals surface area contributed by atoms with E-state index in [1.807, 2.05) is 60.7 Å². The van der Waals surface area contributed by atoms with Gasteiger partial charge in [-0.15, -0.1) is 11.3 Å². The zero-order valence-electron chi connectivity index (χ0n) is 20.3. The van der Waals surface area contributed by atoms with Crippen molar-refractivity contribution in [1.29, 1.82) is 1.43 Å². The standard InChI is InChI=1S/C28H29NO4S/c1-31-22-8-5-20(6-9-22)28-27(25-14-7-21(30)19-26(25)34-28)33-24-12-10-23(11-13-24)32-18-17-29-15-3-2-4-16-29/h5-14,19,30H,2-4,15-18H2,1H3/i/hD. The minimum absolute atomic E-state index is 0.498. The molecule has 0 radical (unpaired) electrons. The number of nitrogens with zero attached hydrogens (tertiary/aromatic N) is 1. The molecular formula is C28H29NO4S. The number of hydrogen-bond donors (Lipinski definition) is 1. The summed E-state index contributed by atoms with van der Waals surface area (Å²) >= 11 is 1.61. The van der Waals surface area contributed by atoms with E-state index < -0.39 is 0 Å². The molecule has 2 heterocycles. The molecule has 0 spiro atoms. The topological polar surface area (TPSA) is 51.2 Å². The Hall–Kier alpha value is -3.22. The molecule has 1 saturated heterocycles. The fraction of sp³-hybridized carbons (Fsp3) is 0.286. The number of piperidine rings is 1. The molecular weight excluding hydrogens is 446 g/mol. The highest BCUT2D eigenvalue weighted by Crippen LogP contribution is 2.47. The van der Waals surface area contributed by atoms with Crippen molar-refractivity contribution in [2.75, 3.05) is 33.4 Å². The third-order valence-electron chi connectivity index (χ3n) is 6.14. The third-order valence-corrected chi connectivity index (χ3v) is 7.32. The highest BCUT2D eigenvalue weighted by atomic mass is 32.1. The maximum absolute atomic E-state index is 7.24. The van der Waals surface area contributed by atoms with E-state index in [1.54, 1.807) is 24.5 Å². The number of fused-ring (bicyclic) bond motifs is 1. The van der Waals surface area contributed by atoms with E-state index in [0.717, 1.165) is 50.1 Å². The number of hydrogen-bond acceptors (Lipinski definition) is 6. The lowest BCUT2D eigenvalue weighted by Crippen LogP contribution is -2.33. The Morgan fingerprint density at radius 2 is 1.65 bits per heavy atom. The summed E-state index contributed by atoms with van der Waals surface area (Å²) < 4.78 is 25.9. The van der Waals surface area contributed by atoms with Crippen molar-refractivity contribution in [1.82, 2.24) is 4.90 Å². The molecule has 0 bridgehead atoms.